The number of methoxy groups -OCH3 is 1. The molecule has 0 radical (unpaired) electrons. The van der Waals surface area contributed by atoms with E-state index in [1.807, 2.05) is 19.9 Å². The number of rotatable bonds is 7. The third-order valence-electron chi connectivity index (χ3n) is 3.65. The molecular weight excluding hydrogens is 294 g/mol. The fraction of sp³-hybridized carbons (Fsp3) is 0.611. The van der Waals surface area contributed by atoms with Crippen molar-refractivity contribution in [1.29, 1.82) is 0 Å². The van der Waals surface area contributed by atoms with Gasteiger partial charge in [-0.2, -0.15) is 0 Å². The molecule has 0 saturated heterocycles. The summed E-state index contributed by atoms with van der Waals surface area (Å²) in [5.41, 5.74) is 7.09. The van der Waals surface area contributed by atoms with E-state index in [9.17, 15) is 9.90 Å². The van der Waals surface area contributed by atoms with Gasteiger partial charge < -0.3 is 20.3 Å². The van der Waals surface area contributed by atoms with Crippen LogP contribution in [0.25, 0.3) is 0 Å². The molecule has 130 valence electrons. The number of aliphatic hydroxyl groups excluding tert-OH is 1. The standard InChI is InChI=1S/C18H29NO4/c1-17(2,3)14-8-12(15(19)21)7-13(9-14)16(22-6)23-11-18(4,5)10-20/h7-9,16,20H,10-11H2,1-6H3,(H2,19,21). The van der Waals surface area contributed by atoms with Crippen LogP contribution in [0.2, 0.25) is 0 Å². The van der Waals surface area contributed by atoms with Crippen molar-refractivity contribution in [3.05, 3.63) is 34.9 Å². The molecule has 0 bridgehead atoms. The highest BCUT2D eigenvalue weighted by Gasteiger charge is 2.23. The summed E-state index contributed by atoms with van der Waals surface area (Å²) in [4.78, 5) is 11.6. The summed E-state index contributed by atoms with van der Waals surface area (Å²) >= 11 is 0. The molecule has 5 nitrogen and oxygen atoms in total. The van der Waals surface area contributed by atoms with Gasteiger partial charge >= 0.3 is 0 Å². The van der Waals surface area contributed by atoms with E-state index in [2.05, 4.69) is 20.8 Å². The lowest BCUT2D eigenvalue weighted by molar-refractivity contribution is -0.150. The highest BCUT2D eigenvalue weighted by molar-refractivity contribution is 5.93. The molecule has 1 aromatic carbocycles. The predicted octanol–water partition coefficient (Wildman–Crippen LogP) is 2.76. The summed E-state index contributed by atoms with van der Waals surface area (Å²) in [6.45, 7) is 10.3. The van der Waals surface area contributed by atoms with Crippen LogP contribution < -0.4 is 5.73 Å². The number of hydrogen-bond acceptors (Lipinski definition) is 4. The van der Waals surface area contributed by atoms with Gasteiger partial charge in [0.25, 0.3) is 0 Å². The van der Waals surface area contributed by atoms with Gasteiger partial charge in [-0.05, 0) is 23.1 Å². The molecule has 0 aliphatic heterocycles. The van der Waals surface area contributed by atoms with Crippen LogP contribution in [0.1, 0.15) is 62.4 Å². The van der Waals surface area contributed by atoms with Crippen molar-refractivity contribution in [2.75, 3.05) is 20.3 Å². The van der Waals surface area contributed by atoms with E-state index in [-0.39, 0.29) is 17.4 Å². The van der Waals surface area contributed by atoms with Gasteiger partial charge in [0, 0.05) is 23.7 Å². The zero-order valence-electron chi connectivity index (χ0n) is 15.0. The lowest BCUT2D eigenvalue weighted by Crippen LogP contribution is -2.26. The van der Waals surface area contributed by atoms with Crippen LogP contribution in [-0.2, 0) is 14.9 Å². The van der Waals surface area contributed by atoms with Gasteiger partial charge in [0.1, 0.15) is 0 Å². The highest BCUT2D eigenvalue weighted by Crippen LogP contribution is 2.29. The van der Waals surface area contributed by atoms with Crippen LogP contribution >= 0.6 is 0 Å². The molecule has 1 unspecified atom stereocenters. The molecule has 1 aromatic rings. The summed E-state index contributed by atoms with van der Waals surface area (Å²) < 4.78 is 11.2. The van der Waals surface area contributed by atoms with Gasteiger partial charge in [-0.25, -0.2) is 0 Å². The zero-order valence-corrected chi connectivity index (χ0v) is 15.0. The second-order valence-electron chi connectivity index (χ2n) is 7.66. The largest absolute Gasteiger partial charge is 0.396 e. The summed E-state index contributed by atoms with van der Waals surface area (Å²) in [5, 5.41) is 9.34. The summed E-state index contributed by atoms with van der Waals surface area (Å²) in [6.07, 6.45) is -0.624. The Kier molecular flexibility index (Phi) is 6.33. The highest BCUT2D eigenvalue weighted by atomic mass is 16.7. The van der Waals surface area contributed by atoms with E-state index in [1.165, 1.54) is 0 Å². The molecule has 0 fully saturated rings. The van der Waals surface area contributed by atoms with Gasteiger partial charge in [-0.3, -0.25) is 4.79 Å². The first kappa shape index (κ1) is 19.6. The van der Waals surface area contributed by atoms with Gasteiger partial charge in [0.15, 0.2) is 6.29 Å². The average Bonchev–Trinajstić information content (AvgIpc) is 2.46. The maximum Gasteiger partial charge on any atom is 0.248 e. The van der Waals surface area contributed by atoms with Crippen molar-refractivity contribution in [3.63, 3.8) is 0 Å². The first-order valence-corrected chi connectivity index (χ1v) is 7.71. The van der Waals surface area contributed by atoms with Gasteiger partial charge in [0.2, 0.25) is 5.91 Å². The van der Waals surface area contributed by atoms with Crippen LogP contribution in [0.4, 0.5) is 0 Å². The van der Waals surface area contributed by atoms with E-state index in [4.69, 9.17) is 15.2 Å². The van der Waals surface area contributed by atoms with Gasteiger partial charge in [0.05, 0.1) is 13.2 Å². The van der Waals surface area contributed by atoms with Crippen molar-refractivity contribution >= 4 is 5.91 Å². The Labute approximate surface area is 138 Å². The molecule has 1 rings (SSSR count). The Hall–Kier alpha value is -1.43. The third-order valence-corrected chi connectivity index (χ3v) is 3.65. The molecule has 23 heavy (non-hydrogen) atoms. The van der Waals surface area contributed by atoms with E-state index in [1.54, 1.807) is 19.2 Å². The number of primary amides is 1. The summed E-state index contributed by atoms with van der Waals surface area (Å²) in [7, 11) is 1.55. The summed E-state index contributed by atoms with van der Waals surface area (Å²) in [5.74, 6) is -0.483. The minimum Gasteiger partial charge on any atom is -0.396 e. The normalized spacial score (nSPS) is 13.9. The van der Waals surface area contributed by atoms with Crippen molar-refractivity contribution in [1.82, 2.24) is 0 Å². The van der Waals surface area contributed by atoms with Gasteiger partial charge in [-0.15, -0.1) is 0 Å². The van der Waals surface area contributed by atoms with E-state index >= 15 is 0 Å². The molecule has 5 heteroatoms. The van der Waals surface area contributed by atoms with Crippen molar-refractivity contribution in [2.45, 2.75) is 46.3 Å². The first-order chi connectivity index (χ1) is 10.5. The molecule has 0 aromatic heterocycles. The number of benzene rings is 1. The molecule has 1 amide bonds. The monoisotopic (exact) mass is 323 g/mol. The number of amides is 1. The fourth-order valence-corrected chi connectivity index (χ4v) is 2.01. The van der Waals surface area contributed by atoms with Crippen LogP contribution in [0.3, 0.4) is 0 Å². The number of ether oxygens (including phenoxy) is 2. The number of nitrogens with two attached hydrogens (primary N) is 1. The Morgan fingerprint density at radius 1 is 1.22 bits per heavy atom. The second kappa shape index (κ2) is 7.43. The SMILES string of the molecule is COC(OCC(C)(C)CO)c1cc(C(N)=O)cc(C(C)(C)C)c1. The Balaban J connectivity index is 3.17. The van der Waals surface area contributed by atoms with Crippen LogP contribution in [-0.4, -0.2) is 31.3 Å². The molecular formula is C18H29NO4. The first-order valence-electron chi connectivity index (χ1n) is 7.71. The molecule has 0 heterocycles. The maximum atomic E-state index is 11.6. The molecule has 1 atom stereocenters. The predicted molar refractivity (Wildman–Crippen MR) is 90.2 cm³/mol. The topological polar surface area (TPSA) is 81.8 Å². The lowest BCUT2D eigenvalue weighted by atomic mass is 9.85. The smallest absolute Gasteiger partial charge is 0.248 e. The zero-order chi connectivity index (χ0) is 17.8. The lowest BCUT2D eigenvalue weighted by Gasteiger charge is -2.27. The quantitative estimate of drug-likeness (QED) is 0.756. The van der Waals surface area contributed by atoms with Crippen molar-refractivity contribution in [3.8, 4) is 0 Å². The average molecular weight is 323 g/mol. The third kappa shape index (κ3) is 5.61. The van der Waals surface area contributed by atoms with Crippen molar-refractivity contribution < 1.29 is 19.4 Å². The van der Waals surface area contributed by atoms with Crippen LogP contribution in [0, 0.1) is 5.41 Å². The number of hydrogen-bond donors (Lipinski definition) is 2. The summed E-state index contributed by atoms with van der Waals surface area (Å²) in [6, 6.07) is 5.46. The Bertz CT molecular complexity index is 546. The molecule has 0 spiro atoms. The molecule has 0 aliphatic rings. The molecule has 0 saturated carbocycles. The number of aliphatic hydroxyl groups is 1. The van der Waals surface area contributed by atoms with Gasteiger partial charge in [-0.1, -0.05) is 40.7 Å². The van der Waals surface area contributed by atoms with Crippen molar-refractivity contribution in [2.24, 2.45) is 11.1 Å². The Morgan fingerprint density at radius 2 is 1.83 bits per heavy atom. The maximum absolute atomic E-state index is 11.6. The minimum absolute atomic E-state index is 0.0119. The minimum atomic E-state index is -0.624. The second-order valence-corrected chi connectivity index (χ2v) is 7.66. The van der Waals surface area contributed by atoms with E-state index < -0.39 is 12.2 Å². The van der Waals surface area contributed by atoms with E-state index in [0.717, 1.165) is 11.1 Å². The fourth-order valence-electron chi connectivity index (χ4n) is 2.01. The molecule has 0 aliphatic carbocycles. The molecule has 3 N–H and O–H groups in total. The van der Waals surface area contributed by atoms with Crippen LogP contribution in [0.15, 0.2) is 18.2 Å². The van der Waals surface area contributed by atoms with Crippen LogP contribution in [0.5, 0.6) is 0 Å². The Morgan fingerprint density at radius 3 is 2.26 bits per heavy atom. The number of carbonyl (C=O) groups excluding carboxylic acids is 1. The van der Waals surface area contributed by atoms with E-state index in [0.29, 0.717) is 12.2 Å². The number of carbonyl (C=O) groups is 1.